The maximum absolute atomic E-state index is 4.88. The summed E-state index contributed by atoms with van der Waals surface area (Å²) in [5.74, 6) is 0.978. The van der Waals surface area contributed by atoms with E-state index in [-0.39, 0.29) is 0 Å². The zero-order chi connectivity index (χ0) is 16.4. The molecule has 0 aliphatic rings. The van der Waals surface area contributed by atoms with Gasteiger partial charge in [-0.15, -0.1) is 0 Å². The molecule has 0 spiro atoms. The fourth-order valence-corrected chi connectivity index (χ4v) is 2.99. The molecule has 0 saturated heterocycles. The van der Waals surface area contributed by atoms with E-state index in [1.807, 2.05) is 18.2 Å². The molecule has 2 heteroatoms. The average Bonchev–Trinajstić information content (AvgIpc) is 3.03. The van der Waals surface area contributed by atoms with Gasteiger partial charge in [0.25, 0.3) is 0 Å². The summed E-state index contributed by atoms with van der Waals surface area (Å²) in [5.41, 5.74) is 5.58. The molecule has 0 aliphatic carbocycles. The molecule has 3 aromatic carbocycles. The van der Waals surface area contributed by atoms with Crippen LogP contribution in [-0.4, -0.2) is 9.55 Å². The van der Waals surface area contributed by atoms with Gasteiger partial charge < -0.3 is 0 Å². The smallest absolute Gasteiger partial charge is 0.141 e. The van der Waals surface area contributed by atoms with Gasteiger partial charge in [-0.1, -0.05) is 60.7 Å². The molecule has 1 heterocycles. The van der Waals surface area contributed by atoms with Crippen LogP contribution in [0.25, 0.3) is 28.4 Å². The Kier molecular flexibility index (Phi) is 3.72. The van der Waals surface area contributed by atoms with E-state index in [9.17, 15) is 0 Å². The van der Waals surface area contributed by atoms with Crippen molar-refractivity contribution in [2.75, 3.05) is 0 Å². The summed E-state index contributed by atoms with van der Waals surface area (Å²) < 4.78 is 2.23. The van der Waals surface area contributed by atoms with E-state index in [2.05, 4.69) is 84.3 Å². The summed E-state index contributed by atoms with van der Waals surface area (Å²) in [6.45, 7) is 2.12. The van der Waals surface area contributed by atoms with E-state index in [0.29, 0.717) is 0 Å². The summed E-state index contributed by atoms with van der Waals surface area (Å²) in [6, 6.07) is 29.0. The highest BCUT2D eigenvalue weighted by molar-refractivity contribution is 5.86. The molecule has 4 aromatic rings. The second-order valence-corrected chi connectivity index (χ2v) is 5.83. The van der Waals surface area contributed by atoms with Crippen molar-refractivity contribution in [3.8, 4) is 5.69 Å². The molecule has 24 heavy (non-hydrogen) atoms. The lowest BCUT2D eigenvalue weighted by Gasteiger charge is -2.09. The molecule has 4 rings (SSSR count). The molecule has 0 fully saturated rings. The van der Waals surface area contributed by atoms with Crippen molar-refractivity contribution in [2.45, 2.75) is 6.92 Å². The Morgan fingerprint density at radius 2 is 1.42 bits per heavy atom. The number of benzene rings is 3. The van der Waals surface area contributed by atoms with Gasteiger partial charge in [0, 0.05) is 5.69 Å². The third-order valence-corrected chi connectivity index (χ3v) is 4.11. The molecular formula is C22H18N2. The van der Waals surface area contributed by atoms with Crippen molar-refractivity contribution in [3.63, 3.8) is 0 Å². The summed E-state index contributed by atoms with van der Waals surface area (Å²) in [5, 5.41) is 0. The lowest BCUT2D eigenvalue weighted by atomic mass is 10.1. The maximum atomic E-state index is 4.88. The number of nitrogens with zero attached hydrogens (tertiary/aromatic N) is 2. The standard InChI is InChI=1S/C22H18N2/c1-17(16-18-10-4-2-5-11-18)22-23-20-14-8-9-15-21(20)24(22)19-12-6-3-7-13-19/h2-16H,1H3. The monoisotopic (exact) mass is 310 g/mol. The predicted octanol–water partition coefficient (Wildman–Crippen LogP) is 5.59. The van der Waals surface area contributed by atoms with Crippen LogP contribution in [0.4, 0.5) is 0 Å². The molecule has 0 aliphatic heterocycles. The van der Waals surface area contributed by atoms with Crippen LogP contribution in [-0.2, 0) is 0 Å². The molecular weight excluding hydrogens is 292 g/mol. The molecule has 0 unspecified atom stereocenters. The Hall–Kier alpha value is -3.13. The first-order valence-corrected chi connectivity index (χ1v) is 8.09. The minimum absolute atomic E-state index is 0.978. The Morgan fingerprint density at radius 3 is 2.17 bits per heavy atom. The minimum Gasteiger partial charge on any atom is -0.293 e. The van der Waals surface area contributed by atoms with Gasteiger partial charge in [-0.3, -0.25) is 4.57 Å². The number of para-hydroxylation sites is 3. The van der Waals surface area contributed by atoms with Gasteiger partial charge in [0.1, 0.15) is 5.82 Å². The van der Waals surface area contributed by atoms with E-state index in [1.165, 1.54) is 5.56 Å². The minimum atomic E-state index is 0.978. The first-order valence-electron chi connectivity index (χ1n) is 8.09. The molecule has 1 aromatic heterocycles. The van der Waals surface area contributed by atoms with Crippen LogP contribution < -0.4 is 0 Å². The quantitative estimate of drug-likeness (QED) is 0.482. The highest BCUT2D eigenvalue weighted by Crippen LogP contribution is 2.26. The highest BCUT2D eigenvalue weighted by atomic mass is 15.1. The van der Waals surface area contributed by atoms with Crippen LogP contribution in [0.5, 0.6) is 0 Å². The first kappa shape index (κ1) is 14.5. The summed E-state index contributed by atoms with van der Waals surface area (Å²) >= 11 is 0. The fourth-order valence-electron chi connectivity index (χ4n) is 2.99. The van der Waals surface area contributed by atoms with Gasteiger partial charge in [0.05, 0.1) is 11.0 Å². The van der Waals surface area contributed by atoms with E-state index < -0.39 is 0 Å². The third kappa shape index (κ3) is 2.63. The molecule has 0 saturated carbocycles. The van der Waals surface area contributed by atoms with Gasteiger partial charge >= 0.3 is 0 Å². The summed E-state index contributed by atoms with van der Waals surface area (Å²) in [4.78, 5) is 4.88. The normalized spacial score (nSPS) is 11.8. The lowest BCUT2D eigenvalue weighted by Crippen LogP contribution is -1.99. The number of allylic oxidation sites excluding steroid dienone is 1. The third-order valence-electron chi connectivity index (χ3n) is 4.11. The van der Waals surface area contributed by atoms with Crippen LogP contribution in [0.15, 0.2) is 84.9 Å². The molecule has 0 bridgehead atoms. The van der Waals surface area contributed by atoms with Crippen molar-refractivity contribution in [3.05, 3.63) is 96.3 Å². The van der Waals surface area contributed by atoms with Gasteiger partial charge in [-0.2, -0.15) is 0 Å². The summed E-state index contributed by atoms with van der Waals surface area (Å²) in [7, 11) is 0. The zero-order valence-corrected chi connectivity index (χ0v) is 13.6. The van der Waals surface area contributed by atoms with E-state index in [4.69, 9.17) is 4.98 Å². The van der Waals surface area contributed by atoms with Crippen LogP contribution in [0.1, 0.15) is 18.3 Å². The van der Waals surface area contributed by atoms with Crippen LogP contribution in [0.2, 0.25) is 0 Å². The van der Waals surface area contributed by atoms with Gasteiger partial charge in [-0.05, 0) is 48.4 Å². The number of hydrogen-bond acceptors (Lipinski definition) is 1. The topological polar surface area (TPSA) is 17.8 Å². The summed E-state index contributed by atoms with van der Waals surface area (Å²) in [6.07, 6.45) is 2.18. The van der Waals surface area contributed by atoms with Crippen molar-refractivity contribution in [1.82, 2.24) is 9.55 Å². The number of rotatable bonds is 3. The Bertz CT molecular complexity index is 996. The number of fused-ring (bicyclic) bond motifs is 1. The average molecular weight is 310 g/mol. The van der Waals surface area contributed by atoms with Gasteiger partial charge in [0.2, 0.25) is 0 Å². The van der Waals surface area contributed by atoms with Gasteiger partial charge in [0.15, 0.2) is 0 Å². The number of hydrogen-bond donors (Lipinski definition) is 0. The van der Waals surface area contributed by atoms with Crippen molar-refractivity contribution in [1.29, 1.82) is 0 Å². The van der Waals surface area contributed by atoms with Crippen LogP contribution in [0, 0.1) is 0 Å². The molecule has 2 nitrogen and oxygen atoms in total. The number of aromatic nitrogens is 2. The molecule has 0 radical (unpaired) electrons. The molecule has 0 amide bonds. The van der Waals surface area contributed by atoms with E-state index >= 15 is 0 Å². The Balaban J connectivity index is 1.94. The Morgan fingerprint density at radius 1 is 0.792 bits per heavy atom. The predicted molar refractivity (Wildman–Crippen MR) is 101 cm³/mol. The van der Waals surface area contributed by atoms with Crippen molar-refractivity contribution < 1.29 is 0 Å². The van der Waals surface area contributed by atoms with Crippen LogP contribution >= 0.6 is 0 Å². The maximum Gasteiger partial charge on any atom is 0.141 e. The lowest BCUT2D eigenvalue weighted by molar-refractivity contribution is 1.05. The van der Waals surface area contributed by atoms with E-state index in [0.717, 1.165) is 28.1 Å². The van der Waals surface area contributed by atoms with E-state index in [1.54, 1.807) is 0 Å². The van der Waals surface area contributed by atoms with Gasteiger partial charge in [-0.25, -0.2) is 4.98 Å². The van der Waals surface area contributed by atoms with Crippen molar-refractivity contribution >= 4 is 22.7 Å². The Labute approximate surface area is 141 Å². The molecule has 0 atom stereocenters. The molecule has 116 valence electrons. The fraction of sp³-hybridized carbons (Fsp3) is 0.0455. The molecule has 0 N–H and O–H groups in total. The number of imidazole rings is 1. The first-order chi connectivity index (χ1) is 11.8. The highest BCUT2D eigenvalue weighted by Gasteiger charge is 2.13. The largest absolute Gasteiger partial charge is 0.293 e. The second-order valence-electron chi connectivity index (χ2n) is 5.83. The second kappa shape index (κ2) is 6.17. The van der Waals surface area contributed by atoms with Crippen molar-refractivity contribution in [2.24, 2.45) is 0 Å². The van der Waals surface area contributed by atoms with Crippen LogP contribution in [0.3, 0.4) is 0 Å². The zero-order valence-electron chi connectivity index (χ0n) is 13.6. The SMILES string of the molecule is CC(=Cc1ccccc1)c1nc2ccccc2n1-c1ccccc1.